The first-order chi connectivity index (χ1) is 8.12. The molecule has 1 rings (SSSR count). The first-order valence-corrected chi connectivity index (χ1v) is 8.34. The summed E-state index contributed by atoms with van der Waals surface area (Å²) in [7, 11) is -3.94. The zero-order chi connectivity index (χ0) is 14.0. The van der Waals surface area contributed by atoms with E-state index in [0.29, 0.717) is 13.0 Å². The Balaban J connectivity index is 2.71. The van der Waals surface area contributed by atoms with Crippen molar-refractivity contribution in [2.24, 2.45) is 5.41 Å². The second-order valence-electron chi connectivity index (χ2n) is 6.35. The van der Waals surface area contributed by atoms with Crippen molar-refractivity contribution in [3.63, 3.8) is 0 Å². The Bertz CT molecular complexity index is 378. The van der Waals surface area contributed by atoms with E-state index in [1.54, 1.807) is 6.92 Å². The number of nitrogens with one attached hydrogen (secondary N) is 1. The van der Waals surface area contributed by atoms with E-state index < -0.39 is 15.4 Å². The second-order valence-corrected chi connectivity index (χ2v) is 8.05. The summed E-state index contributed by atoms with van der Waals surface area (Å²) in [6.45, 7) is 8.74. The molecule has 0 spiro atoms. The average Bonchev–Trinajstić information content (AvgIpc) is 2.22. The Kier molecular flexibility index (Phi) is 4.84. The van der Waals surface area contributed by atoms with Crippen molar-refractivity contribution >= 4 is 10.1 Å². The van der Waals surface area contributed by atoms with Gasteiger partial charge in [-0.25, -0.2) is 0 Å². The molecule has 1 aliphatic carbocycles. The highest BCUT2D eigenvalue weighted by Crippen LogP contribution is 2.43. The Morgan fingerprint density at radius 2 is 1.78 bits per heavy atom. The lowest BCUT2D eigenvalue weighted by molar-refractivity contribution is 0.0782. The summed E-state index contributed by atoms with van der Waals surface area (Å²) < 4.78 is 31.6. The summed E-state index contributed by atoms with van der Waals surface area (Å²) in [4.78, 5) is 0. The molecule has 4 nitrogen and oxygen atoms in total. The van der Waals surface area contributed by atoms with Crippen LogP contribution in [-0.4, -0.2) is 30.3 Å². The lowest BCUT2D eigenvalue weighted by Gasteiger charge is -2.49. The quantitative estimate of drug-likeness (QED) is 0.758. The Hall–Kier alpha value is -0.130. The van der Waals surface area contributed by atoms with Gasteiger partial charge in [-0.1, -0.05) is 33.6 Å². The van der Waals surface area contributed by atoms with Crippen molar-refractivity contribution in [3.8, 4) is 0 Å². The predicted octanol–water partition coefficient (Wildman–Crippen LogP) is 2.60. The molecular formula is C13H27NO3S. The normalized spacial score (nSPS) is 30.1. The fourth-order valence-electron chi connectivity index (χ4n) is 2.79. The number of hydrogen-bond donors (Lipinski definition) is 2. The van der Waals surface area contributed by atoms with Gasteiger partial charge >= 0.3 is 0 Å². The second kappa shape index (κ2) is 5.47. The first-order valence-electron chi connectivity index (χ1n) is 6.84. The van der Waals surface area contributed by atoms with Crippen LogP contribution in [0.1, 0.15) is 59.8 Å². The molecular weight excluding hydrogens is 250 g/mol. The molecule has 0 amide bonds. The fourth-order valence-corrected chi connectivity index (χ4v) is 3.50. The van der Waals surface area contributed by atoms with E-state index in [1.165, 1.54) is 12.8 Å². The van der Waals surface area contributed by atoms with E-state index in [0.717, 1.165) is 12.8 Å². The van der Waals surface area contributed by atoms with Crippen molar-refractivity contribution < 1.29 is 13.0 Å². The smallest absolute Gasteiger partial charge is 0.269 e. The van der Waals surface area contributed by atoms with Crippen molar-refractivity contribution in [2.45, 2.75) is 70.6 Å². The van der Waals surface area contributed by atoms with E-state index in [9.17, 15) is 8.42 Å². The van der Waals surface area contributed by atoms with E-state index in [1.807, 2.05) is 0 Å². The minimum atomic E-state index is -3.94. The van der Waals surface area contributed by atoms with Crippen LogP contribution in [0.2, 0.25) is 0 Å². The molecule has 0 heterocycles. The minimum Gasteiger partial charge on any atom is -0.310 e. The first kappa shape index (κ1) is 15.9. The molecule has 0 aromatic heterocycles. The third kappa shape index (κ3) is 3.45. The summed E-state index contributed by atoms with van der Waals surface area (Å²) in [5, 5.41) is 2.70. The van der Waals surface area contributed by atoms with E-state index in [-0.39, 0.29) is 11.0 Å². The topological polar surface area (TPSA) is 66.4 Å². The largest absolute Gasteiger partial charge is 0.310 e. The van der Waals surface area contributed by atoms with Gasteiger partial charge in [-0.05, 0) is 31.6 Å². The van der Waals surface area contributed by atoms with Gasteiger partial charge in [-0.15, -0.1) is 0 Å². The third-order valence-corrected chi connectivity index (χ3v) is 6.16. The molecule has 0 aromatic rings. The standard InChI is InChI=1S/C13H27NO3S/c1-5-11(18(15,16)17)10-14-13(4)9-7-6-8-12(13,2)3/h11,14H,5-10H2,1-4H3,(H,15,16,17). The van der Waals surface area contributed by atoms with Gasteiger partial charge in [0.2, 0.25) is 0 Å². The maximum absolute atomic E-state index is 11.2. The Morgan fingerprint density at radius 3 is 2.22 bits per heavy atom. The maximum atomic E-state index is 11.2. The lowest BCUT2D eigenvalue weighted by Crippen LogP contribution is -2.57. The summed E-state index contributed by atoms with van der Waals surface area (Å²) in [5.41, 5.74) is 0.103. The van der Waals surface area contributed by atoms with Crippen LogP contribution in [-0.2, 0) is 10.1 Å². The van der Waals surface area contributed by atoms with Crippen molar-refractivity contribution in [3.05, 3.63) is 0 Å². The van der Waals surface area contributed by atoms with Crippen LogP contribution in [0.4, 0.5) is 0 Å². The third-order valence-electron chi connectivity index (χ3n) is 4.82. The molecule has 5 heteroatoms. The van der Waals surface area contributed by atoms with Crippen LogP contribution in [0.5, 0.6) is 0 Å². The van der Waals surface area contributed by atoms with Gasteiger partial charge in [0.15, 0.2) is 0 Å². The molecule has 0 aliphatic heterocycles. The van der Waals surface area contributed by atoms with Gasteiger partial charge in [0.05, 0.1) is 5.25 Å². The van der Waals surface area contributed by atoms with E-state index >= 15 is 0 Å². The Morgan fingerprint density at radius 1 is 1.22 bits per heavy atom. The lowest BCUT2D eigenvalue weighted by atomic mass is 9.64. The van der Waals surface area contributed by atoms with Gasteiger partial charge in [0, 0.05) is 12.1 Å². The molecule has 0 bridgehead atoms. The van der Waals surface area contributed by atoms with Gasteiger partial charge in [-0.3, -0.25) is 4.55 Å². The molecule has 2 unspecified atom stereocenters. The Labute approximate surface area is 111 Å². The van der Waals surface area contributed by atoms with Crippen LogP contribution in [0.15, 0.2) is 0 Å². The number of hydrogen-bond acceptors (Lipinski definition) is 3. The molecule has 1 fully saturated rings. The van der Waals surface area contributed by atoms with Crippen LogP contribution in [0, 0.1) is 5.41 Å². The minimum absolute atomic E-state index is 0.0522. The molecule has 0 radical (unpaired) electrons. The van der Waals surface area contributed by atoms with E-state index in [4.69, 9.17) is 4.55 Å². The zero-order valence-electron chi connectivity index (χ0n) is 12.0. The van der Waals surface area contributed by atoms with Crippen molar-refractivity contribution in [2.75, 3.05) is 6.54 Å². The highest BCUT2D eigenvalue weighted by molar-refractivity contribution is 7.86. The molecule has 0 aromatic carbocycles. The molecule has 108 valence electrons. The van der Waals surface area contributed by atoms with Crippen LogP contribution in [0.25, 0.3) is 0 Å². The van der Waals surface area contributed by atoms with Crippen molar-refractivity contribution in [1.82, 2.24) is 5.32 Å². The molecule has 18 heavy (non-hydrogen) atoms. The highest BCUT2D eigenvalue weighted by atomic mass is 32.2. The summed E-state index contributed by atoms with van der Waals surface area (Å²) in [5.74, 6) is 0. The molecule has 2 N–H and O–H groups in total. The van der Waals surface area contributed by atoms with Gasteiger partial charge in [0.1, 0.15) is 0 Å². The predicted molar refractivity (Wildman–Crippen MR) is 74.3 cm³/mol. The van der Waals surface area contributed by atoms with Gasteiger partial charge in [0.25, 0.3) is 10.1 Å². The van der Waals surface area contributed by atoms with Crippen LogP contribution < -0.4 is 5.32 Å². The average molecular weight is 277 g/mol. The zero-order valence-corrected chi connectivity index (χ0v) is 12.8. The highest BCUT2D eigenvalue weighted by Gasteiger charge is 2.42. The number of rotatable bonds is 5. The van der Waals surface area contributed by atoms with Gasteiger partial charge in [-0.2, -0.15) is 8.42 Å². The summed E-state index contributed by atoms with van der Waals surface area (Å²) in [6, 6.07) is 0. The SMILES string of the molecule is CCC(CNC1(C)CCCCC1(C)C)S(=O)(=O)O. The van der Waals surface area contributed by atoms with E-state index in [2.05, 4.69) is 26.1 Å². The van der Waals surface area contributed by atoms with Crippen LogP contribution in [0.3, 0.4) is 0 Å². The van der Waals surface area contributed by atoms with Crippen LogP contribution >= 0.6 is 0 Å². The fraction of sp³-hybridized carbons (Fsp3) is 1.00. The molecule has 1 saturated carbocycles. The van der Waals surface area contributed by atoms with Crippen molar-refractivity contribution in [1.29, 1.82) is 0 Å². The maximum Gasteiger partial charge on any atom is 0.269 e. The molecule has 2 atom stereocenters. The molecule has 0 saturated heterocycles. The summed E-state index contributed by atoms with van der Waals surface area (Å²) >= 11 is 0. The monoisotopic (exact) mass is 277 g/mol. The van der Waals surface area contributed by atoms with Gasteiger partial charge < -0.3 is 5.32 Å². The molecule has 1 aliphatic rings. The summed E-state index contributed by atoms with van der Waals surface area (Å²) in [6.07, 6.45) is 5.05.